The van der Waals surface area contributed by atoms with Gasteiger partial charge in [0.1, 0.15) is 0 Å². The van der Waals surface area contributed by atoms with Crippen LogP contribution in [0, 0.1) is 0 Å². The van der Waals surface area contributed by atoms with Crippen LogP contribution in [0.15, 0.2) is 0 Å². The summed E-state index contributed by atoms with van der Waals surface area (Å²) in [6.07, 6.45) is 9.67. The molecule has 0 saturated carbocycles. The summed E-state index contributed by atoms with van der Waals surface area (Å²) >= 11 is 0. The first-order valence-corrected chi connectivity index (χ1v) is 9.51. The summed E-state index contributed by atoms with van der Waals surface area (Å²) in [6.45, 7) is 3.89. The Bertz CT molecular complexity index is 320. The number of aliphatic hydroxyl groups is 1. The molecule has 0 aromatic carbocycles. The third-order valence-corrected chi connectivity index (χ3v) is 5.21. The van der Waals surface area contributed by atoms with E-state index in [1.807, 2.05) is 0 Å². The van der Waals surface area contributed by atoms with Crippen molar-refractivity contribution in [3.05, 3.63) is 0 Å². The Morgan fingerprint density at radius 3 is 1.90 bits per heavy atom. The summed E-state index contributed by atoms with van der Waals surface area (Å²) in [5.41, 5.74) is 0. The van der Waals surface area contributed by atoms with E-state index in [4.69, 9.17) is 0 Å². The maximum Gasteiger partial charge on any atom is 1.00 e. The van der Waals surface area contributed by atoms with Gasteiger partial charge in [0.05, 0.1) is 16.2 Å². The van der Waals surface area contributed by atoms with Crippen molar-refractivity contribution in [2.75, 3.05) is 0 Å². The van der Waals surface area contributed by atoms with Crippen LogP contribution >= 0.6 is 0 Å². The Morgan fingerprint density at radius 1 is 0.905 bits per heavy atom. The minimum Gasteiger partial charge on any atom is -0.748 e. The van der Waals surface area contributed by atoms with Crippen molar-refractivity contribution in [2.45, 2.75) is 95.8 Å². The molecule has 0 aliphatic carbocycles. The van der Waals surface area contributed by atoms with Crippen molar-refractivity contribution in [3.8, 4) is 0 Å². The minimum absolute atomic E-state index is 0. The molecule has 0 aliphatic heterocycles. The third-order valence-electron chi connectivity index (χ3n) is 3.83. The van der Waals surface area contributed by atoms with Gasteiger partial charge in [-0.15, -0.1) is 0 Å². The molecule has 0 aliphatic rings. The standard InChI is InChI=1S/C15H32O4S.K/c1-3-5-6-7-8-9-10-11-14(16)12-13-15(4-2)20(17,18)19;/h14-16H,3-13H2,1-2H3,(H,17,18,19);/q;+1/p-1. The van der Waals surface area contributed by atoms with E-state index in [2.05, 4.69) is 6.92 Å². The molecule has 4 nitrogen and oxygen atoms in total. The fourth-order valence-corrected chi connectivity index (χ4v) is 3.25. The van der Waals surface area contributed by atoms with E-state index in [0.29, 0.717) is 19.3 Å². The molecule has 2 unspecified atom stereocenters. The van der Waals surface area contributed by atoms with Crippen molar-refractivity contribution in [2.24, 2.45) is 0 Å². The first-order chi connectivity index (χ1) is 9.41. The Balaban J connectivity index is 0. The summed E-state index contributed by atoms with van der Waals surface area (Å²) in [4.78, 5) is 0. The maximum absolute atomic E-state index is 10.9. The van der Waals surface area contributed by atoms with Crippen LogP contribution in [0.3, 0.4) is 0 Å². The van der Waals surface area contributed by atoms with Gasteiger partial charge in [-0.25, -0.2) is 8.42 Å². The summed E-state index contributed by atoms with van der Waals surface area (Å²) in [5, 5.41) is 8.96. The Hall–Kier alpha value is 1.51. The number of rotatable bonds is 13. The Labute approximate surface area is 173 Å². The van der Waals surface area contributed by atoms with Gasteiger partial charge in [-0.1, -0.05) is 58.8 Å². The van der Waals surface area contributed by atoms with Crippen molar-refractivity contribution in [1.29, 1.82) is 0 Å². The van der Waals surface area contributed by atoms with Crippen molar-refractivity contribution in [1.82, 2.24) is 0 Å². The normalized spacial score (nSPS) is 14.5. The zero-order valence-electron chi connectivity index (χ0n) is 14.0. The maximum atomic E-state index is 10.9. The molecule has 2 atom stereocenters. The van der Waals surface area contributed by atoms with E-state index >= 15 is 0 Å². The SMILES string of the molecule is CCCCCCCCCC(O)CCC(CC)S(=O)(=O)[O-].[K+]. The molecule has 0 aromatic heterocycles. The molecule has 0 rings (SSSR count). The van der Waals surface area contributed by atoms with Crippen LogP contribution in [-0.4, -0.2) is 29.4 Å². The average molecular weight is 347 g/mol. The van der Waals surface area contributed by atoms with E-state index in [9.17, 15) is 18.1 Å². The van der Waals surface area contributed by atoms with E-state index in [1.54, 1.807) is 6.92 Å². The number of aliphatic hydroxyl groups excluding tert-OH is 1. The Morgan fingerprint density at radius 2 is 1.43 bits per heavy atom. The molecule has 0 saturated heterocycles. The van der Waals surface area contributed by atoms with Crippen LogP contribution < -0.4 is 51.4 Å². The number of hydrogen-bond donors (Lipinski definition) is 1. The molecular weight excluding hydrogens is 315 g/mol. The molecule has 0 radical (unpaired) electrons. The van der Waals surface area contributed by atoms with Gasteiger partial charge in [-0.05, 0) is 25.7 Å². The molecule has 0 spiro atoms. The summed E-state index contributed by atoms with van der Waals surface area (Å²) in [5.74, 6) is 0. The molecule has 0 heterocycles. The van der Waals surface area contributed by atoms with Crippen LogP contribution in [0.4, 0.5) is 0 Å². The van der Waals surface area contributed by atoms with E-state index in [1.165, 1.54) is 32.1 Å². The van der Waals surface area contributed by atoms with Gasteiger partial charge < -0.3 is 9.66 Å². The van der Waals surface area contributed by atoms with Gasteiger partial charge in [-0.2, -0.15) is 0 Å². The van der Waals surface area contributed by atoms with Crippen LogP contribution in [0.2, 0.25) is 0 Å². The monoisotopic (exact) mass is 346 g/mol. The Kier molecular flexibility index (Phi) is 17.8. The van der Waals surface area contributed by atoms with Crippen LogP contribution in [-0.2, 0) is 10.1 Å². The van der Waals surface area contributed by atoms with Crippen LogP contribution in [0.25, 0.3) is 0 Å². The molecule has 0 aromatic rings. The van der Waals surface area contributed by atoms with Gasteiger partial charge in [-0.3, -0.25) is 0 Å². The first-order valence-electron chi connectivity index (χ1n) is 8.04. The molecule has 0 bridgehead atoms. The van der Waals surface area contributed by atoms with Crippen molar-refractivity contribution in [3.63, 3.8) is 0 Å². The molecule has 21 heavy (non-hydrogen) atoms. The predicted octanol–water partition coefficient (Wildman–Crippen LogP) is 0.596. The number of unbranched alkanes of at least 4 members (excludes halogenated alkanes) is 6. The van der Waals surface area contributed by atoms with Crippen LogP contribution in [0.5, 0.6) is 0 Å². The summed E-state index contributed by atoms with van der Waals surface area (Å²) in [7, 11) is -4.21. The second kappa shape index (κ2) is 15.1. The van der Waals surface area contributed by atoms with Crippen molar-refractivity contribution >= 4 is 10.1 Å². The summed E-state index contributed by atoms with van der Waals surface area (Å²) < 4.78 is 32.8. The van der Waals surface area contributed by atoms with Gasteiger partial charge in [0, 0.05) is 5.25 Å². The molecule has 1 N–H and O–H groups in total. The topological polar surface area (TPSA) is 77.4 Å². The van der Waals surface area contributed by atoms with Gasteiger partial charge in [0.2, 0.25) is 0 Å². The summed E-state index contributed by atoms with van der Waals surface area (Å²) in [6, 6.07) is 0. The largest absolute Gasteiger partial charge is 1.00 e. The van der Waals surface area contributed by atoms with Gasteiger partial charge in [0.25, 0.3) is 0 Å². The molecule has 0 amide bonds. The van der Waals surface area contributed by atoms with Crippen molar-refractivity contribution < 1.29 is 69.5 Å². The van der Waals surface area contributed by atoms with E-state index in [0.717, 1.165) is 12.8 Å². The zero-order valence-corrected chi connectivity index (χ0v) is 18.0. The van der Waals surface area contributed by atoms with E-state index in [-0.39, 0.29) is 57.8 Å². The van der Waals surface area contributed by atoms with Gasteiger partial charge >= 0.3 is 51.4 Å². The van der Waals surface area contributed by atoms with Gasteiger partial charge in [0.15, 0.2) is 0 Å². The number of hydrogen-bond acceptors (Lipinski definition) is 4. The second-order valence-corrected chi connectivity index (χ2v) is 7.32. The second-order valence-electron chi connectivity index (χ2n) is 5.66. The quantitative estimate of drug-likeness (QED) is 0.301. The van der Waals surface area contributed by atoms with E-state index < -0.39 is 21.5 Å². The fraction of sp³-hybridized carbons (Fsp3) is 1.00. The van der Waals surface area contributed by atoms with Crippen LogP contribution in [0.1, 0.15) is 84.5 Å². The fourth-order valence-electron chi connectivity index (χ4n) is 2.41. The smallest absolute Gasteiger partial charge is 0.748 e. The molecular formula is C15H31KO4S. The first kappa shape index (κ1) is 24.8. The molecule has 0 fully saturated rings. The molecule has 122 valence electrons. The average Bonchev–Trinajstić information content (AvgIpc) is 2.36. The predicted molar refractivity (Wildman–Crippen MR) is 81.6 cm³/mol. The minimum atomic E-state index is -4.21. The third kappa shape index (κ3) is 14.8. The zero-order chi connectivity index (χ0) is 15.4. The molecule has 6 heteroatoms.